The van der Waals surface area contributed by atoms with Gasteiger partial charge in [-0.1, -0.05) is 6.92 Å². The van der Waals surface area contributed by atoms with Crippen LogP contribution in [0.25, 0.3) is 0 Å². The Kier molecular flexibility index (Phi) is 3.78. The molecule has 6 nitrogen and oxygen atoms in total. The molecule has 0 rings (SSSR count). The summed E-state index contributed by atoms with van der Waals surface area (Å²) in [5.74, 6) is -4.02. The van der Waals surface area contributed by atoms with Gasteiger partial charge in [-0.25, -0.2) is 9.59 Å². The van der Waals surface area contributed by atoms with Gasteiger partial charge in [0.2, 0.25) is 5.76 Å². The molecule has 0 amide bonds. The number of hydrogen-bond donors (Lipinski definition) is 3. The highest BCUT2D eigenvalue weighted by atomic mass is 17.1. The maximum Gasteiger partial charge on any atom is 0.372 e. The van der Waals surface area contributed by atoms with Gasteiger partial charge in [0.05, 0.1) is 5.57 Å². The SMILES string of the molecule is CCC(C(=O)OO)=C(O)C(=O)O. The maximum atomic E-state index is 10.5. The standard InChI is InChI=1S/C6H8O6/c1-2-3(6(10)12-11)4(7)5(8)9/h7,11H,2H2,1H3,(H,8,9). The van der Waals surface area contributed by atoms with Crippen LogP contribution in [0, 0.1) is 0 Å². The van der Waals surface area contributed by atoms with Gasteiger partial charge in [-0.3, -0.25) is 4.89 Å². The first kappa shape index (κ1) is 10.4. The van der Waals surface area contributed by atoms with Crippen molar-refractivity contribution in [3.63, 3.8) is 0 Å². The van der Waals surface area contributed by atoms with Gasteiger partial charge in [0.1, 0.15) is 0 Å². The average molecular weight is 176 g/mol. The fourth-order valence-corrected chi connectivity index (χ4v) is 0.593. The molecule has 0 aliphatic rings. The summed E-state index contributed by atoms with van der Waals surface area (Å²) in [5.41, 5.74) is -0.481. The summed E-state index contributed by atoms with van der Waals surface area (Å²) in [6.45, 7) is 1.44. The first-order valence-electron chi connectivity index (χ1n) is 3.05. The molecular weight excluding hydrogens is 168 g/mol. The van der Waals surface area contributed by atoms with Gasteiger partial charge in [-0.15, -0.1) is 0 Å². The van der Waals surface area contributed by atoms with E-state index in [-0.39, 0.29) is 6.42 Å². The van der Waals surface area contributed by atoms with Crippen LogP contribution in [0.2, 0.25) is 0 Å². The molecule has 0 spiro atoms. The summed E-state index contributed by atoms with van der Waals surface area (Å²) in [6.07, 6.45) is -0.0441. The van der Waals surface area contributed by atoms with Crippen LogP contribution in [0.5, 0.6) is 0 Å². The largest absolute Gasteiger partial charge is 0.501 e. The number of carboxylic acids is 1. The second-order valence-corrected chi connectivity index (χ2v) is 1.86. The number of rotatable bonds is 3. The predicted octanol–water partition coefficient (Wildman–Crippen LogP) is 0.309. The van der Waals surface area contributed by atoms with Crippen molar-refractivity contribution < 1.29 is 29.9 Å². The molecule has 3 N–H and O–H groups in total. The topological polar surface area (TPSA) is 104 Å². The number of carboxylic acid groups (broad SMARTS) is 1. The van der Waals surface area contributed by atoms with Crippen molar-refractivity contribution in [1.82, 2.24) is 0 Å². The molecule has 0 atom stereocenters. The highest BCUT2D eigenvalue weighted by Gasteiger charge is 2.19. The zero-order chi connectivity index (χ0) is 9.72. The van der Waals surface area contributed by atoms with Gasteiger partial charge >= 0.3 is 11.9 Å². The Bertz CT molecular complexity index is 228. The van der Waals surface area contributed by atoms with E-state index in [2.05, 4.69) is 4.89 Å². The van der Waals surface area contributed by atoms with E-state index in [9.17, 15) is 9.59 Å². The Balaban J connectivity index is 4.86. The Morgan fingerprint density at radius 1 is 1.33 bits per heavy atom. The third-order valence-electron chi connectivity index (χ3n) is 1.17. The molecule has 0 heterocycles. The lowest BCUT2D eigenvalue weighted by Crippen LogP contribution is -2.12. The Hall–Kier alpha value is -1.56. The number of hydrogen-bond acceptors (Lipinski definition) is 5. The smallest absolute Gasteiger partial charge is 0.372 e. The third kappa shape index (κ3) is 2.24. The van der Waals surface area contributed by atoms with Crippen molar-refractivity contribution in [3.8, 4) is 0 Å². The lowest BCUT2D eigenvalue weighted by atomic mass is 10.2. The maximum absolute atomic E-state index is 10.5. The normalized spacial score (nSPS) is 11.8. The quantitative estimate of drug-likeness (QED) is 0.247. The van der Waals surface area contributed by atoms with Crippen LogP contribution in [0.1, 0.15) is 13.3 Å². The summed E-state index contributed by atoms with van der Waals surface area (Å²) in [4.78, 5) is 23.9. The Labute approximate surface area is 67.6 Å². The van der Waals surface area contributed by atoms with Gasteiger partial charge in [0, 0.05) is 0 Å². The van der Waals surface area contributed by atoms with Gasteiger partial charge in [0.25, 0.3) is 0 Å². The van der Waals surface area contributed by atoms with Crippen molar-refractivity contribution in [3.05, 3.63) is 11.3 Å². The van der Waals surface area contributed by atoms with Crippen LogP contribution in [-0.4, -0.2) is 27.4 Å². The minimum atomic E-state index is -1.64. The van der Waals surface area contributed by atoms with Crippen LogP contribution in [0.3, 0.4) is 0 Å². The molecule has 6 heteroatoms. The number of aliphatic carboxylic acids is 1. The average Bonchev–Trinajstić information content (AvgIpc) is 2.05. The lowest BCUT2D eigenvalue weighted by molar-refractivity contribution is -0.229. The molecule has 0 bridgehead atoms. The minimum Gasteiger partial charge on any atom is -0.501 e. The van der Waals surface area contributed by atoms with E-state index in [1.807, 2.05) is 0 Å². The van der Waals surface area contributed by atoms with E-state index in [4.69, 9.17) is 15.5 Å². The second-order valence-electron chi connectivity index (χ2n) is 1.86. The molecule has 68 valence electrons. The number of aliphatic hydroxyl groups is 1. The summed E-state index contributed by atoms with van der Waals surface area (Å²) in [7, 11) is 0. The van der Waals surface area contributed by atoms with E-state index in [1.165, 1.54) is 6.92 Å². The zero-order valence-corrected chi connectivity index (χ0v) is 6.27. The molecule has 0 fully saturated rings. The third-order valence-corrected chi connectivity index (χ3v) is 1.17. The van der Waals surface area contributed by atoms with Crippen LogP contribution in [0.4, 0.5) is 0 Å². The monoisotopic (exact) mass is 176 g/mol. The van der Waals surface area contributed by atoms with Crippen LogP contribution in [0.15, 0.2) is 11.3 Å². The van der Waals surface area contributed by atoms with E-state index in [1.54, 1.807) is 0 Å². The molecule has 0 aromatic heterocycles. The van der Waals surface area contributed by atoms with Gasteiger partial charge in [-0.2, -0.15) is 5.26 Å². The number of aliphatic hydroxyl groups excluding tert-OH is 1. The molecular formula is C6H8O6. The lowest BCUT2D eigenvalue weighted by Gasteiger charge is -2.00. The summed E-state index contributed by atoms with van der Waals surface area (Å²) >= 11 is 0. The summed E-state index contributed by atoms with van der Waals surface area (Å²) in [6, 6.07) is 0. The molecule has 12 heavy (non-hydrogen) atoms. The van der Waals surface area contributed by atoms with Crippen molar-refractivity contribution in [2.24, 2.45) is 0 Å². The fraction of sp³-hybridized carbons (Fsp3) is 0.333. The number of carbonyl (C=O) groups is 2. The van der Waals surface area contributed by atoms with Crippen molar-refractivity contribution in [2.45, 2.75) is 13.3 Å². The molecule has 0 saturated heterocycles. The molecule has 0 radical (unpaired) electrons. The predicted molar refractivity (Wildman–Crippen MR) is 36.3 cm³/mol. The van der Waals surface area contributed by atoms with Crippen LogP contribution >= 0.6 is 0 Å². The second kappa shape index (κ2) is 4.35. The first-order chi connectivity index (χ1) is 5.54. The minimum absolute atomic E-state index is 0.0441. The number of carbonyl (C=O) groups excluding carboxylic acids is 1. The van der Waals surface area contributed by atoms with E-state index >= 15 is 0 Å². The van der Waals surface area contributed by atoms with Crippen LogP contribution < -0.4 is 0 Å². The highest BCUT2D eigenvalue weighted by molar-refractivity contribution is 5.97. The van der Waals surface area contributed by atoms with Crippen molar-refractivity contribution in [1.29, 1.82) is 0 Å². The van der Waals surface area contributed by atoms with E-state index in [0.717, 1.165) is 0 Å². The van der Waals surface area contributed by atoms with Crippen molar-refractivity contribution >= 4 is 11.9 Å². The summed E-state index contributed by atoms with van der Waals surface area (Å²) < 4.78 is 0. The van der Waals surface area contributed by atoms with Gasteiger partial charge < -0.3 is 10.2 Å². The van der Waals surface area contributed by atoms with Crippen LogP contribution in [-0.2, 0) is 14.5 Å². The van der Waals surface area contributed by atoms with Gasteiger partial charge in [-0.05, 0) is 6.42 Å². The molecule has 0 aliphatic carbocycles. The molecule has 0 unspecified atom stereocenters. The molecule has 0 saturated carbocycles. The Morgan fingerprint density at radius 2 is 1.83 bits per heavy atom. The van der Waals surface area contributed by atoms with E-state index in [0.29, 0.717) is 0 Å². The molecule has 0 aromatic carbocycles. The zero-order valence-electron chi connectivity index (χ0n) is 6.27. The first-order valence-corrected chi connectivity index (χ1v) is 3.05. The highest BCUT2D eigenvalue weighted by Crippen LogP contribution is 2.08. The molecule has 0 aromatic rings. The summed E-state index contributed by atoms with van der Waals surface area (Å²) in [5, 5.41) is 24.9. The molecule has 0 aliphatic heterocycles. The van der Waals surface area contributed by atoms with Gasteiger partial charge in [0.15, 0.2) is 0 Å². The Morgan fingerprint density at radius 3 is 2.08 bits per heavy atom. The van der Waals surface area contributed by atoms with Crippen molar-refractivity contribution in [2.75, 3.05) is 0 Å². The van der Waals surface area contributed by atoms with E-state index < -0.39 is 23.3 Å². The fourth-order valence-electron chi connectivity index (χ4n) is 0.593.